The molecule has 26 heavy (non-hydrogen) atoms. The molecule has 2 atom stereocenters. The molecule has 6 nitrogen and oxygen atoms in total. The van der Waals surface area contributed by atoms with Crippen LogP contribution < -0.4 is 11.1 Å². The first kappa shape index (κ1) is 20.0. The van der Waals surface area contributed by atoms with Gasteiger partial charge in [-0.25, -0.2) is 14.8 Å². The highest BCUT2D eigenvalue weighted by Gasteiger charge is 2.35. The second-order valence-corrected chi connectivity index (χ2v) is 6.35. The van der Waals surface area contributed by atoms with Gasteiger partial charge in [0.25, 0.3) is 5.91 Å². The SMILES string of the molecule is CCC(C)[C@H](N)C(=O)N1CCCN1C(=O)Nc1ccc(C(F)(F)F)cc1. The number of halogens is 3. The van der Waals surface area contributed by atoms with Crippen LogP contribution in [0.15, 0.2) is 24.3 Å². The van der Waals surface area contributed by atoms with Gasteiger partial charge in [0.1, 0.15) is 0 Å². The van der Waals surface area contributed by atoms with Crippen molar-refractivity contribution in [3.8, 4) is 0 Å². The topological polar surface area (TPSA) is 78.7 Å². The van der Waals surface area contributed by atoms with E-state index in [1.54, 1.807) is 0 Å². The number of anilines is 1. The number of nitrogens with one attached hydrogen (secondary N) is 1. The van der Waals surface area contributed by atoms with Crippen LogP contribution in [0.2, 0.25) is 0 Å². The van der Waals surface area contributed by atoms with Crippen molar-refractivity contribution in [1.82, 2.24) is 10.0 Å². The lowest BCUT2D eigenvalue weighted by molar-refractivity contribution is -0.142. The number of amides is 3. The minimum atomic E-state index is -4.44. The second-order valence-electron chi connectivity index (χ2n) is 6.35. The van der Waals surface area contributed by atoms with Crippen molar-refractivity contribution in [3.05, 3.63) is 29.8 Å². The first-order valence-corrected chi connectivity index (χ1v) is 8.47. The molecule has 144 valence electrons. The van der Waals surface area contributed by atoms with E-state index in [-0.39, 0.29) is 17.5 Å². The van der Waals surface area contributed by atoms with Gasteiger partial charge in [-0.05, 0) is 36.6 Å². The molecule has 0 spiro atoms. The summed E-state index contributed by atoms with van der Waals surface area (Å²) >= 11 is 0. The fourth-order valence-corrected chi connectivity index (χ4v) is 2.65. The molecule has 3 amide bonds. The number of benzene rings is 1. The number of hydrogen-bond donors (Lipinski definition) is 2. The van der Waals surface area contributed by atoms with E-state index in [0.717, 1.165) is 18.6 Å². The normalized spacial score (nSPS) is 17.2. The van der Waals surface area contributed by atoms with Gasteiger partial charge in [0.2, 0.25) is 0 Å². The molecule has 1 fully saturated rings. The van der Waals surface area contributed by atoms with Crippen LogP contribution in [-0.2, 0) is 11.0 Å². The Kier molecular flexibility index (Phi) is 6.12. The summed E-state index contributed by atoms with van der Waals surface area (Å²) in [6.45, 7) is 4.51. The minimum absolute atomic E-state index is 0.0251. The van der Waals surface area contributed by atoms with Crippen molar-refractivity contribution >= 4 is 17.6 Å². The third kappa shape index (κ3) is 4.46. The maximum Gasteiger partial charge on any atom is 0.416 e. The Morgan fingerprint density at radius 1 is 1.19 bits per heavy atom. The van der Waals surface area contributed by atoms with Gasteiger partial charge in [-0.1, -0.05) is 20.3 Å². The molecular formula is C17H23F3N4O2. The number of nitrogens with two attached hydrogens (primary N) is 1. The summed E-state index contributed by atoms with van der Waals surface area (Å²) in [5.41, 5.74) is 5.39. The number of alkyl halides is 3. The van der Waals surface area contributed by atoms with Crippen molar-refractivity contribution in [2.45, 2.75) is 38.9 Å². The van der Waals surface area contributed by atoms with E-state index in [1.807, 2.05) is 13.8 Å². The van der Waals surface area contributed by atoms with Crippen molar-refractivity contribution in [3.63, 3.8) is 0 Å². The average Bonchev–Trinajstić information content (AvgIpc) is 3.09. The fraction of sp³-hybridized carbons (Fsp3) is 0.529. The summed E-state index contributed by atoms with van der Waals surface area (Å²) < 4.78 is 37.8. The zero-order chi connectivity index (χ0) is 19.5. The Labute approximate surface area is 150 Å². The molecule has 9 heteroatoms. The lowest BCUT2D eigenvalue weighted by Crippen LogP contribution is -2.53. The highest BCUT2D eigenvalue weighted by atomic mass is 19.4. The predicted octanol–water partition coefficient (Wildman–Crippen LogP) is 3.06. The minimum Gasteiger partial charge on any atom is -0.320 e. The number of carbonyl (C=O) groups excluding carboxylic acids is 2. The number of nitrogens with zero attached hydrogens (tertiary/aromatic N) is 2. The Balaban J connectivity index is 2.05. The molecule has 1 aromatic carbocycles. The first-order chi connectivity index (χ1) is 12.1. The Bertz CT molecular complexity index is 648. The van der Waals surface area contributed by atoms with Gasteiger partial charge in [0.05, 0.1) is 11.6 Å². The van der Waals surface area contributed by atoms with Gasteiger partial charge in [-0.3, -0.25) is 4.79 Å². The molecule has 0 aromatic heterocycles. The van der Waals surface area contributed by atoms with E-state index in [0.29, 0.717) is 19.5 Å². The van der Waals surface area contributed by atoms with Crippen LogP contribution in [0.3, 0.4) is 0 Å². The number of hydrogen-bond acceptors (Lipinski definition) is 3. The zero-order valence-electron chi connectivity index (χ0n) is 14.7. The standard InChI is InChI=1S/C17H23F3N4O2/c1-3-11(2)14(21)15(25)23-9-4-10-24(23)16(26)22-13-7-5-12(6-8-13)17(18,19)20/h5-8,11,14H,3-4,9-10,21H2,1-2H3,(H,22,26)/t11?,14-/m0/s1. The molecule has 1 aromatic rings. The second kappa shape index (κ2) is 7.94. The number of rotatable bonds is 4. The third-order valence-corrected chi connectivity index (χ3v) is 4.53. The van der Waals surface area contributed by atoms with Gasteiger partial charge in [0.15, 0.2) is 0 Å². The van der Waals surface area contributed by atoms with Crippen LogP contribution >= 0.6 is 0 Å². The van der Waals surface area contributed by atoms with Crippen LogP contribution in [0.4, 0.5) is 23.7 Å². The molecule has 1 unspecified atom stereocenters. The van der Waals surface area contributed by atoms with Crippen molar-refractivity contribution in [2.24, 2.45) is 11.7 Å². The summed E-state index contributed by atoms with van der Waals surface area (Å²) in [4.78, 5) is 25.0. The Hall–Kier alpha value is -2.29. The van der Waals surface area contributed by atoms with E-state index in [4.69, 9.17) is 5.73 Å². The summed E-state index contributed by atoms with van der Waals surface area (Å²) in [5.74, 6) is -0.359. The largest absolute Gasteiger partial charge is 0.416 e. The van der Waals surface area contributed by atoms with Crippen molar-refractivity contribution < 1.29 is 22.8 Å². The summed E-state index contributed by atoms with van der Waals surface area (Å²) in [6.07, 6.45) is -3.09. The van der Waals surface area contributed by atoms with Crippen LogP contribution in [-0.4, -0.2) is 41.1 Å². The smallest absolute Gasteiger partial charge is 0.320 e. The molecule has 1 aliphatic heterocycles. The van der Waals surface area contributed by atoms with E-state index < -0.39 is 23.8 Å². The molecule has 1 heterocycles. The first-order valence-electron chi connectivity index (χ1n) is 8.47. The van der Waals surface area contributed by atoms with Crippen LogP contribution in [0, 0.1) is 5.92 Å². The number of carbonyl (C=O) groups is 2. The van der Waals surface area contributed by atoms with Crippen LogP contribution in [0.5, 0.6) is 0 Å². The molecule has 0 bridgehead atoms. The predicted molar refractivity (Wildman–Crippen MR) is 90.9 cm³/mol. The summed E-state index contributed by atoms with van der Waals surface area (Å²) in [5, 5.41) is 5.08. The van der Waals surface area contributed by atoms with Gasteiger partial charge in [0, 0.05) is 18.8 Å². The van der Waals surface area contributed by atoms with Gasteiger partial charge in [-0.15, -0.1) is 0 Å². The van der Waals surface area contributed by atoms with Gasteiger partial charge < -0.3 is 11.1 Å². The third-order valence-electron chi connectivity index (χ3n) is 4.53. The lowest BCUT2D eigenvalue weighted by atomic mass is 9.99. The monoisotopic (exact) mass is 372 g/mol. The van der Waals surface area contributed by atoms with Crippen molar-refractivity contribution in [1.29, 1.82) is 0 Å². The lowest BCUT2D eigenvalue weighted by Gasteiger charge is -2.31. The molecule has 0 radical (unpaired) electrons. The molecule has 0 saturated carbocycles. The zero-order valence-corrected chi connectivity index (χ0v) is 14.7. The average molecular weight is 372 g/mol. The van der Waals surface area contributed by atoms with E-state index in [9.17, 15) is 22.8 Å². The molecule has 0 aliphatic carbocycles. The highest BCUT2D eigenvalue weighted by Crippen LogP contribution is 2.30. The highest BCUT2D eigenvalue weighted by molar-refractivity contribution is 5.92. The maximum atomic E-state index is 12.6. The molecular weight excluding hydrogens is 349 g/mol. The Morgan fingerprint density at radius 3 is 2.31 bits per heavy atom. The van der Waals surface area contributed by atoms with E-state index >= 15 is 0 Å². The van der Waals surface area contributed by atoms with Crippen molar-refractivity contribution in [2.75, 3.05) is 18.4 Å². The fourth-order valence-electron chi connectivity index (χ4n) is 2.65. The summed E-state index contributed by atoms with van der Waals surface area (Å²) in [6, 6.07) is 2.84. The number of hydrazine groups is 1. The number of urea groups is 1. The van der Waals surface area contributed by atoms with E-state index in [2.05, 4.69) is 5.32 Å². The molecule has 3 N–H and O–H groups in total. The maximum absolute atomic E-state index is 12.6. The Morgan fingerprint density at radius 2 is 1.77 bits per heavy atom. The van der Waals surface area contributed by atoms with E-state index in [1.165, 1.54) is 22.2 Å². The van der Waals surface area contributed by atoms with Crippen LogP contribution in [0.1, 0.15) is 32.3 Å². The molecule has 1 aliphatic rings. The van der Waals surface area contributed by atoms with Gasteiger partial charge in [-0.2, -0.15) is 13.2 Å². The quantitative estimate of drug-likeness (QED) is 0.853. The van der Waals surface area contributed by atoms with Crippen LogP contribution in [0.25, 0.3) is 0 Å². The molecule has 2 rings (SSSR count). The summed E-state index contributed by atoms with van der Waals surface area (Å²) in [7, 11) is 0. The molecule has 1 saturated heterocycles. The van der Waals surface area contributed by atoms with Gasteiger partial charge >= 0.3 is 12.2 Å².